The molecule has 0 amide bonds. The van der Waals surface area contributed by atoms with Gasteiger partial charge in [-0.2, -0.15) is 4.31 Å². The second kappa shape index (κ2) is 6.97. The van der Waals surface area contributed by atoms with E-state index in [-0.39, 0.29) is 5.21 Å². The van der Waals surface area contributed by atoms with Crippen LogP contribution in [0.3, 0.4) is 0 Å². The van der Waals surface area contributed by atoms with Gasteiger partial charge in [0.25, 0.3) is 0 Å². The van der Waals surface area contributed by atoms with Gasteiger partial charge >= 0.3 is 0 Å². The smallest absolute Gasteiger partial charge is 0.228 e. The van der Waals surface area contributed by atoms with Crippen molar-refractivity contribution in [3.8, 4) is 5.75 Å². The summed E-state index contributed by atoms with van der Waals surface area (Å²) >= 11 is 5.49. The molecule has 0 fully saturated rings. The summed E-state index contributed by atoms with van der Waals surface area (Å²) in [4.78, 5) is 0. The summed E-state index contributed by atoms with van der Waals surface area (Å²) in [5, 5.41) is -0.386. The number of hydrogen-bond acceptors (Lipinski definition) is 3. The highest BCUT2D eigenvalue weighted by Gasteiger charge is 2.20. The number of sulfonamides is 1. The van der Waals surface area contributed by atoms with Gasteiger partial charge in [0.1, 0.15) is 11.0 Å². The van der Waals surface area contributed by atoms with Crippen molar-refractivity contribution in [1.29, 1.82) is 0 Å². The van der Waals surface area contributed by atoms with Crippen LogP contribution in [0.5, 0.6) is 5.75 Å². The molecular weight excluding hydrogens is 274 g/mol. The molecule has 0 N–H and O–H groups in total. The Morgan fingerprint density at radius 1 is 1.28 bits per heavy atom. The van der Waals surface area contributed by atoms with Crippen LogP contribution in [0.4, 0.5) is 0 Å². The van der Waals surface area contributed by atoms with Crippen molar-refractivity contribution < 1.29 is 13.2 Å². The SMILES string of the molecule is CCCN(Cc1ccc(OC)cc1)S(=O)(=O)CCl. The molecule has 4 nitrogen and oxygen atoms in total. The Morgan fingerprint density at radius 3 is 2.33 bits per heavy atom. The summed E-state index contributed by atoms with van der Waals surface area (Å²) in [7, 11) is -1.78. The number of nitrogens with zero attached hydrogens (tertiary/aromatic N) is 1. The third-order valence-electron chi connectivity index (χ3n) is 2.52. The number of rotatable bonds is 7. The first-order valence-corrected chi connectivity index (χ1v) is 7.84. The Bertz CT molecular complexity index is 459. The molecule has 0 atom stereocenters. The lowest BCUT2D eigenvalue weighted by molar-refractivity contribution is 0.405. The number of hydrogen-bond donors (Lipinski definition) is 0. The van der Waals surface area contributed by atoms with Crippen molar-refractivity contribution in [2.45, 2.75) is 19.9 Å². The normalized spacial score (nSPS) is 11.8. The Balaban J connectivity index is 2.83. The van der Waals surface area contributed by atoms with E-state index >= 15 is 0 Å². The highest BCUT2D eigenvalue weighted by Crippen LogP contribution is 2.15. The van der Waals surface area contributed by atoms with Gasteiger partial charge in [-0.05, 0) is 24.1 Å². The van der Waals surface area contributed by atoms with Crippen molar-refractivity contribution in [1.82, 2.24) is 4.31 Å². The summed E-state index contributed by atoms with van der Waals surface area (Å²) in [6.07, 6.45) is 0.756. The van der Waals surface area contributed by atoms with Crippen LogP contribution in [-0.2, 0) is 16.6 Å². The molecule has 0 heterocycles. The summed E-state index contributed by atoms with van der Waals surface area (Å²) < 4.78 is 30.0. The maximum atomic E-state index is 11.8. The molecule has 0 aliphatic carbocycles. The molecule has 0 unspecified atom stereocenters. The second-order valence-corrected chi connectivity index (χ2v) is 6.46. The van der Waals surface area contributed by atoms with Crippen LogP contribution in [0.25, 0.3) is 0 Å². The molecule has 0 radical (unpaired) electrons. The Kier molecular flexibility index (Phi) is 5.91. The van der Waals surface area contributed by atoms with E-state index < -0.39 is 10.0 Å². The fourth-order valence-corrected chi connectivity index (χ4v) is 2.93. The summed E-state index contributed by atoms with van der Waals surface area (Å²) in [5.74, 6) is 0.751. The Hall–Kier alpha value is -0.780. The standard InChI is InChI=1S/C12H18ClNO3S/c1-3-8-14(18(15,16)10-13)9-11-4-6-12(17-2)7-5-11/h4-7H,3,8-10H2,1-2H3. The minimum atomic E-state index is -3.37. The molecule has 1 rings (SSSR count). The highest BCUT2D eigenvalue weighted by molar-refractivity contribution is 7.90. The fraction of sp³-hybridized carbons (Fsp3) is 0.500. The largest absolute Gasteiger partial charge is 0.497 e. The van der Waals surface area contributed by atoms with Crippen molar-refractivity contribution >= 4 is 21.6 Å². The number of methoxy groups -OCH3 is 1. The predicted octanol–water partition coefficient (Wildman–Crippen LogP) is 2.43. The molecule has 0 saturated carbocycles. The molecule has 0 aliphatic heterocycles. The van der Waals surface area contributed by atoms with Gasteiger partial charge < -0.3 is 4.74 Å². The van der Waals surface area contributed by atoms with E-state index in [4.69, 9.17) is 16.3 Å². The number of ether oxygens (including phenoxy) is 1. The zero-order chi connectivity index (χ0) is 13.6. The van der Waals surface area contributed by atoms with Crippen LogP contribution in [0.1, 0.15) is 18.9 Å². The minimum absolute atomic E-state index is 0.340. The molecule has 0 bridgehead atoms. The Morgan fingerprint density at radius 2 is 1.89 bits per heavy atom. The van der Waals surface area contributed by atoms with Gasteiger partial charge in [0, 0.05) is 13.1 Å². The average molecular weight is 292 g/mol. The Labute approximate surface area is 114 Å². The van der Waals surface area contributed by atoms with Gasteiger partial charge in [-0.15, -0.1) is 11.6 Å². The monoisotopic (exact) mass is 291 g/mol. The lowest BCUT2D eigenvalue weighted by Crippen LogP contribution is -2.32. The molecular formula is C12H18ClNO3S. The van der Waals surface area contributed by atoms with Gasteiger partial charge in [0.05, 0.1) is 7.11 Å². The first kappa shape index (κ1) is 15.3. The van der Waals surface area contributed by atoms with E-state index in [0.717, 1.165) is 17.7 Å². The maximum Gasteiger partial charge on any atom is 0.228 e. The number of alkyl halides is 1. The van der Waals surface area contributed by atoms with Crippen LogP contribution in [0.2, 0.25) is 0 Å². The van der Waals surface area contributed by atoms with Crippen molar-refractivity contribution in [3.05, 3.63) is 29.8 Å². The van der Waals surface area contributed by atoms with E-state index in [0.29, 0.717) is 13.1 Å². The molecule has 1 aromatic rings. The van der Waals surface area contributed by atoms with Crippen LogP contribution in [0, 0.1) is 0 Å². The van der Waals surface area contributed by atoms with E-state index in [1.807, 2.05) is 31.2 Å². The van der Waals surface area contributed by atoms with Crippen molar-refractivity contribution in [2.24, 2.45) is 0 Å². The third kappa shape index (κ3) is 4.15. The molecule has 0 spiro atoms. The van der Waals surface area contributed by atoms with E-state index in [1.54, 1.807) is 7.11 Å². The van der Waals surface area contributed by atoms with Gasteiger partial charge in [-0.3, -0.25) is 0 Å². The number of halogens is 1. The lowest BCUT2D eigenvalue weighted by Gasteiger charge is -2.20. The second-order valence-electron chi connectivity index (χ2n) is 3.90. The van der Waals surface area contributed by atoms with Crippen molar-refractivity contribution in [2.75, 3.05) is 18.9 Å². The van der Waals surface area contributed by atoms with Crippen LogP contribution < -0.4 is 4.74 Å². The van der Waals surface area contributed by atoms with E-state index in [9.17, 15) is 8.42 Å². The fourth-order valence-electron chi connectivity index (χ4n) is 1.57. The summed E-state index contributed by atoms with van der Waals surface area (Å²) in [5.41, 5.74) is 0.915. The molecule has 0 aromatic heterocycles. The topological polar surface area (TPSA) is 46.6 Å². The summed E-state index contributed by atoms with van der Waals surface area (Å²) in [6.45, 7) is 2.75. The quantitative estimate of drug-likeness (QED) is 0.725. The predicted molar refractivity (Wildman–Crippen MR) is 73.3 cm³/mol. The van der Waals surface area contributed by atoms with Crippen LogP contribution in [0.15, 0.2) is 24.3 Å². The first-order valence-electron chi connectivity index (χ1n) is 5.70. The minimum Gasteiger partial charge on any atom is -0.497 e. The molecule has 0 aliphatic rings. The van der Waals surface area contributed by atoms with Crippen LogP contribution >= 0.6 is 11.6 Å². The molecule has 18 heavy (non-hydrogen) atoms. The number of benzene rings is 1. The molecule has 102 valence electrons. The van der Waals surface area contributed by atoms with Gasteiger partial charge in [0.2, 0.25) is 10.0 Å². The van der Waals surface area contributed by atoms with Crippen molar-refractivity contribution in [3.63, 3.8) is 0 Å². The van der Waals surface area contributed by atoms with Crippen LogP contribution in [-0.4, -0.2) is 31.6 Å². The van der Waals surface area contributed by atoms with Gasteiger partial charge in [-0.25, -0.2) is 8.42 Å². The van der Waals surface area contributed by atoms with Gasteiger partial charge in [-0.1, -0.05) is 19.1 Å². The van der Waals surface area contributed by atoms with Gasteiger partial charge in [0.15, 0.2) is 0 Å². The molecule has 1 aromatic carbocycles. The van der Waals surface area contributed by atoms with E-state index in [1.165, 1.54) is 4.31 Å². The highest BCUT2D eigenvalue weighted by atomic mass is 35.5. The average Bonchev–Trinajstić information content (AvgIpc) is 2.39. The zero-order valence-electron chi connectivity index (χ0n) is 10.6. The maximum absolute atomic E-state index is 11.8. The first-order chi connectivity index (χ1) is 8.53. The zero-order valence-corrected chi connectivity index (χ0v) is 12.2. The molecule has 6 heteroatoms. The van der Waals surface area contributed by atoms with E-state index in [2.05, 4.69) is 0 Å². The molecule has 0 saturated heterocycles. The lowest BCUT2D eigenvalue weighted by atomic mass is 10.2. The summed E-state index contributed by atoms with van der Waals surface area (Å²) in [6, 6.07) is 7.33. The third-order valence-corrected chi connectivity index (χ3v) is 4.72.